The van der Waals surface area contributed by atoms with Gasteiger partial charge in [-0.3, -0.25) is 0 Å². The van der Waals surface area contributed by atoms with Crippen LogP contribution in [0, 0.1) is 0 Å². The lowest BCUT2D eigenvalue weighted by atomic mass is 10.3. The first kappa shape index (κ1) is 18.0. The average Bonchev–Trinajstić information content (AvgIpc) is 2.54. The lowest BCUT2D eigenvalue weighted by Crippen LogP contribution is -2.42. The van der Waals surface area contributed by atoms with E-state index in [0.717, 1.165) is 0 Å². The second kappa shape index (κ2) is 7.46. The third-order valence-corrected chi connectivity index (χ3v) is 11.3. The van der Waals surface area contributed by atoms with Gasteiger partial charge in [-0.2, -0.15) is 0 Å². The van der Waals surface area contributed by atoms with Gasteiger partial charge < -0.3 is 0 Å². The van der Waals surface area contributed by atoms with E-state index in [4.69, 9.17) is 0 Å². The first-order valence-corrected chi connectivity index (χ1v) is 15.0. The van der Waals surface area contributed by atoms with E-state index in [1.54, 1.807) is 15.9 Å². The van der Waals surface area contributed by atoms with Gasteiger partial charge in [0.1, 0.15) is 0 Å². The smallest absolute Gasteiger partial charge is 0.0845 e. The fraction of sp³-hybridized carbons (Fsp3) is 0.333. The van der Waals surface area contributed by atoms with Crippen molar-refractivity contribution in [3.8, 4) is 0 Å². The van der Waals surface area contributed by atoms with Gasteiger partial charge in [0.2, 0.25) is 0 Å². The molecule has 0 aliphatic heterocycles. The second-order valence-corrected chi connectivity index (χ2v) is 17.4. The van der Waals surface area contributed by atoms with E-state index in [1.807, 2.05) is 0 Å². The first-order valence-electron chi connectivity index (χ1n) is 8.58. The highest BCUT2D eigenvalue weighted by atomic mass is 28.3. The molecule has 2 heteroatoms. The summed E-state index contributed by atoms with van der Waals surface area (Å²) < 4.78 is 0. The summed E-state index contributed by atoms with van der Waals surface area (Å²) in [5, 5.41) is 3.12. The van der Waals surface area contributed by atoms with Crippen molar-refractivity contribution < 1.29 is 0 Å². The predicted octanol–water partition coefficient (Wildman–Crippen LogP) is 5.16. The summed E-state index contributed by atoms with van der Waals surface area (Å²) in [6, 6.07) is 24.6. The molecule has 0 atom stereocenters. The van der Waals surface area contributed by atoms with Crippen molar-refractivity contribution in [2.45, 2.75) is 45.2 Å². The van der Waals surface area contributed by atoms with Gasteiger partial charge in [0.25, 0.3) is 0 Å². The van der Waals surface area contributed by atoms with Crippen molar-refractivity contribution in [2.24, 2.45) is 0 Å². The molecular formula is C21H30Si2. The molecule has 0 N–H and O–H groups in total. The molecule has 122 valence electrons. The van der Waals surface area contributed by atoms with Crippen molar-refractivity contribution in [1.82, 2.24) is 0 Å². The van der Waals surface area contributed by atoms with E-state index in [9.17, 15) is 0 Å². The minimum Gasteiger partial charge on any atom is -0.0882 e. The van der Waals surface area contributed by atoms with Crippen molar-refractivity contribution >= 4 is 26.5 Å². The standard InChI is InChI=1S/C21H30Si2/c1-19(18-23(4,5)21-14-10-7-11-15-21)16-17-22(2,3)20-12-8-6-9-13-20/h6-16H,17-18H2,1-5H3/b19-16+. The SMILES string of the molecule is C/C(=C\C[Si](C)(C)c1ccccc1)C[Si](C)(C)c1ccccc1. The molecule has 0 heterocycles. The van der Waals surface area contributed by atoms with E-state index in [2.05, 4.69) is 99.9 Å². The molecule has 0 saturated carbocycles. The molecule has 2 rings (SSSR count). The van der Waals surface area contributed by atoms with Gasteiger partial charge in [-0.15, -0.1) is 0 Å². The molecular weight excluding hydrogens is 308 g/mol. The molecule has 2 aromatic carbocycles. The molecule has 0 nitrogen and oxygen atoms in total. The maximum atomic E-state index is 2.52. The van der Waals surface area contributed by atoms with Gasteiger partial charge in [0.05, 0.1) is 16.1 Å². The third kappa shape index (κ3) is 5.05. The minimum atomic E-state index is -1.37. The number of benzene rings is 2. The highest BCUT2D eigenvalue weighted by Gasteiger charge is 2.25. The zero-order valence-corrected chi connectivity index (χ0v) is 17.3. The normalized spacial score (nSPS) is 13.2. The molecule has 0 radical (unpaired) electrons. The molecule has 0 unspecified atom stereocenters. The third-order valence-electron chi connectivity index (χ3n) is 4.79. The lowest BCUT2D eigenvalue weighted by Gasteiger charge is -2.25. The summed E-state index contributed by atoms with van der Waals surface area (Å²) in [5.41, 5.74) is 1.57. The van der Waals surface area contributed by atoms with Gasteiger partial charge in [-0.05, 0) is 19.0 Å². The summed E-state index contributed by atoms with van der Waals surface area (Å²) in [6.45, 7) is 12.3. The van der Waals surface area contributed by atoms with Crippen LogP contribution in [0.2, 0.25) is 38.3 Å². The molecule has 0 aliphatic carbocycles. The molecule has 0 spiro atoms. The van der Waals surface area contributed by atoms with Gasteiger partial charge in [0.15, 0.2) is 0 Å². The Labute approximate surface area is 144 Å². The van der Waals surface area contributed by atoms with Crippen molar-refractivity contribution in [3.05, 3.63) is 72.3 Å². The van der Waals surface area contributed by atoms with Crippen LogP contribution in [-0.2, 0) is 0 Å². The molecule has 2 aromatic rings. The number of hydrogen-bond acceptors (Lipinski definition) is 0. The van der Waals surface area contributed by atoms with Gasteiger partial charge in [-0.1, -0.05) is 109 Å². The Morgan fingerprint density at radius 1 is 0.739 bits per heavy atom. The molecule has 23 heavy (non-hydrogen) atoms. The largest absolute Gasteiger partial charge is 0.0882 e. The van der Waals surface area contributed by atoms with Crippen LogP contribution in [0.5, 0.6) is 0 Å². The van der Waals surface area contributed by atoms with E-state index < -0.39 is 16.1 Å². The molecule has 0 saturated heterocycles. The zero-order chi connectivity index (χ0) is 16.9. The van der Waals surface area contributed by atoms with E-state index in [1.165, 1.54) is 12.1 Å². The maximum absolute atomic E-state index is 2.52. The number of allylic oxidation sites excluding steroid dienone is 2. The highest BCUT2D eigenvalue weighted by molar-refractivity contribution is 6.90. The van der Waals surface area contributed by atoms with E-state index in [0.29, 0.717) is 0 Å². The monoisotopic (exact) mass is 338 g/mol. The Morgan fingerprint density at radius 3 is 1.65 bits per heavy atom. The molecule has 0 aliphatic rings. The Bertz CT molecular complexity index is 640. The summed E-state index contributed by atoms with van der Waals surface area (Å²) in [6.07, 6.45) is 2.52. The van der Waals surface area contributed by atoms with Crippen LogP contribution >= 0.6 is 0 Å². The van der Waals surface area contributed by atoms with Crippen LogP contribution in [0.15, 0.2) is 72.3 Å². The van der Waals surface area contributed by atoms with Crippen LogP contribution in [0.25, 0.3) is 0 Å². The zero-order valence-electron chi connectivity index (χ0n) is 15.3. The van der Waals surface area contributed by atoms with Crippen LogP contribution in [-0.4, -0.2) is 16.1 Å². The fourth-order valence-electron chi connectivity index (χ4n) is 3.20. The number of hydrogen-bond donors (Lipinski definition) is 0. The van der Waals surface area contributed by atoms with Crippen LogP contribution < -0.4 is 10.4 Å². The van der Waals surface area contributed by atoms with Crippen molar-refractivity contribution in [1.29, 1.82) is 0 Å². The predicted molar refractivity (Wildman–Crippen MR) is 110 cm³/mol. The quantitative estimate of drug-likeness (QED) is 0.504. The summed E-state index contributed by atoms with van der Waals surface area (Å²) >= 11 is 0. The van der Waals surface area contributed by atoms with Crippen LogP contribution in [0.4, 0.5) is 0 Å². The second-order valence-electron chi connectivity index (χ2n) is 7.93. The Balaban J connectivity index is 2.06. The summed E-state index contributed by atoms with van der Waals surface area (Å²) in [4.78, 5) is 0. The molecule has 0 fully saturated rings. The van der Waals surface area contributed by atoms with Crippen molar-refractivity contribution in [2.75, 3.05) is 0 Å². The Kier molecular flexibility index (Phi) is 5.82. The van der Waals surface area contributed by atoms with E-state index in [-0.39, 0.29) is 0 Å². The summed E-state index contributed by atoms with van der Waals surface area (Å²) in [7, 11) is -2.73. The first-order chi connectivity index (χ1) is 10.8. The van der Waals surface area contributed by atoms with Gasteiger partial charge >= 0.3 is 0 Å². The van der Waals surface area contributed by atoms with Gasteiger partial charge in [0, 0.05) is 0 Å². The highest BCUT2D eigenvalue weighted by Crippen LogP contribution is 2.19. The Hall–Kier alpha value is -1.39. The maximum Gasteiger partial charge on any atom is 0.0845 e. The fourth-order valence-corrected chi connectivity index (χ4v) is 8.22. The van der Waals surface area contributed by atoms with Crippen molar-refractivity contribution in [3.63, 3.8) is 0 Å². The van der Waals surface area contributed by atoms with Gasteiger partial charge in [-0.25, -0.2) is 0 Å². The minimum absolute atomic E-state index is 1.24. The average molecular weight is 339 g/mol. The topological polar surface area (TPSA) is 0 Å². The molecule has 0 amide bonds. The summed E-state index contributed by atoms with van der Waals surface area (Å²) in [5.74, 6) is 0. The van der Waals surface area contributed by atoms with Crippen LogP contribution in [0.3, 0.4) is 0 Å². The molecule has 0 aromatic heterocycles. The van der Waals surface area contributed by atoms with E-state index >= 15 is 0 Å². The van der Waals surface area contributed by atoms with Crippen LogP contribution in [0.1, 0.15) is 6.92 Å². The lowest BCUT2D eigenvalue weighted by molar-refractivity contribution is 1.29. The molecule has 0 bridgehead atoms. The number of rotatable bonds is 6. The Morgan fingerprint density at radius 2 is 1.17 bits per heavy atom.